The van der Waals surface area contributed by atoms with E-state index in [-0.39, 0.29) is 24.4 Å². The molecule has 0 aromatic heterocycles. The van der Waals surface area contributed by atoms with Gasteiger partial charge in [-0.25, -0.2) is 0 Å². The Hall–Kier alpha value is -1.06. The summed E-state index contributed by atoms with van der Waals surface area (Å²) in [6, 6.07) is 6.76. The van der Waals surface area contributed by atoms with E-state index < -0.39 is 0 Å². The molecule has 1 atom stereocenters. The van der Waals surface area contributed by atoms with Gasteiger partial charge >= 0.3 is 0 Å². The van der Waals surface area contributed by atoms with Crippen molar-refractivity contribution in [1.82, 2.24) is 10.2 Å². The second-order valence-corrected chi connectivity index (χ2v) is 6.96. The first-order chi connectivity index (χ1) is 10.7. The standard InChI is InChI=1S/C19H28N2O.ClH/c1-14-6-5-7-17(15(14)2)18-8-3-4-11-21(18)19(22)13-20-12-16-9-10-16;/h5-7,16,18,20H,3-4,8-13H2,1-2H3;1H. The number of hydrogen-bond donors (Lipinski definition) is 1. The lowest BCUT2D eigenvalue weighted by Gasteiger charge is -2.37. The highest BCUT2D eigenvalue weighted by Gasteiger charge is 2.29. The minimum Gasteiger partial charge on any atom is -0.335 e. The predicted octanol–water partition coefficient (Wildman–Crippen LogP) is 3.78. The molecule has 1 amide bonds. The maximum Gasteiger partial charge on any atom is 0.237 e. The van der Waals surface area contributed by atoms with Gasteiger partial charge in [-0.05, 0) is 75.1 Å². The Balaban J connectivity index is 0.00000192. The number of nitrogens with zero attached hydrogens (tertiary/aromatic N) is 1. The van der Waals surface area contributed by atoms with Crippen molar-refractivity contribution in [1.29, 1.82) is 0 Å². The highest BCUT2D eigenvalue weighted by atomic mass is 35.5. The van der Waals surface area contributed by atoms with E-state index in [1.165, 1.54) is 36.0 Å². The van der Waals surface area contributed by atoms with Gasteiger partial charge in [0.2, 0.25) is 5.91 Å². The maximum absolute atomic E-state index is 12.6. The number of piperidine rings is 1. The van der Waals surface area contributed by atoms with Crippen molar-refractivity contribution in [3.05, 3.63) is 34.9 Å². The molecule has 1 aliphatic heterocycles. The first kappa shape index (κ1) is 18.3. The first-order valence-electron chi connectivity index (χ1n) is 8.73. The zero-order chi connectivity index (χ0) is 15.5. The minimum atomic E-state index is 0. The Kier molecular flexibility index (Phi) is 6.49. The number of aryl methyl sites for hydroxylation is 1. The van der Waals surface area contributed by atoms with Crippen LogP contribution in [0.4, 0.5) is 0 Å². The van der Waals surface area contributed by atoms with E-state index in [0.29, 0.717) is 6.54 Å². The number of carbonyl (C=O) groups excluding carboxylic acids is 1. The molecule has 0 radical (unpaired) electrons. The largest absolute Gasteiger partial charge is 0.335 e. The van der Waals surface area contributed by atoms with E-state index in [9.17, 15) is 4.79 Å². The summed E-state index contributed by atoms with van der Waals surface area (Å²) in [6.07, 6.45) is 6.11. The summed E-state index contributed by atoms with van der Waals surface area (Å²) in [5.41, 5.74) is 4.01. The van der Waals surface area contributed by atoms with Gasteiger partial charge in [0.05, 0.1) is 12.6 Å². The highest BCUT2D eigenvalue weighted by molar-refractivity contribution is 5.85. The fourth-order valence-corrected chi connectivity index (χ4v) is 3.49. The molecule has 1 aliphatic carbocycles. The second kappa shape index (κ2) is 8.16. The fourth-order valence-electron chi connectivity index (χ4n) is 3.49. The Labute approximate surface area is 146 Å². The molecule has 1 saturated carbocycles. The summed E-state index contributed by atoms with van der Waals surface area (Å²) in [5.74, 6) is 1.09. The Bertz CT molecular complexity index is 542. The molecule has 1 saturated heterocycles. The summed E-state index contributed by atoms with van der Waals surface area (Å²) < 4.78 is 0. The van der Waals surface area contributed by atoms with E-state index in [1.807, 2.05) is 0 Å². The molecule has 1 unspecified atom stereocenters. The minimum absolute atomic E-state index is 0. The van der Waals surface area contributed by atoms with Crippen LogP contribution in [-0.2, 0) is 4.79 Å². The van der Waals surface area contributed by atoms with Gasteiger partial charge in [0, 0.05) is 6.54 Å². The van der Waals surface area contributed by atoms with Crippen molar-refractivity contribution < 1.29 is 4.79 Å². The number of likely N-dealkylation sites (tertiary alicyclic amines) is 1. The van der Waals surface area contributed by atoms with Crippen molar-refractivity contribution in [2.75, 3.05) is 19.6 Å². The smallest absolute Gasteiger partial charge is 0.237 e. The Morgan fingerprint density at radius 3 is 2.74 bits per heavy atom. The van der Waals surface area contributed by atoms with Gasteiger partial charge < -0.3 is 10.2 Å². The monoisotopic (exact) mass is 336 g/mol. The molecule has 1 aromatic rings. The van der Waals surface area contributed by atoms with Crippen LogP contribution in [0, 0.1) is 19.8 Å². The summed E-state index contributed by atoms with van der Waals surface area (Å²) in [6.45, 7) is 6.76. The SMILES string of the molecule is Cc1cccc(C2CCCCN2C(=O)CNCC2CC2)c1C.Cl. The number of rotatable bonds is 5. The molecule has 1 N–H and O–H groups in total. The molecule has 3 nitrogen and oxygen atoms in total. The van der Waals surface area contributed by atoms with Crippen LogP contribution in [0.25, 0.3) is 0 Å². The normalized spacial score (nSPS) is 21.0. The molecule has 0 spiro atoms. The highest BCUT2D eigenvalue weighted by Crippen LogP contribution is 2.33. The van der Waals surface area contributed by atoms with Gasteiger partial charge in [0.1, 0.15) is 0 Å². The molecule has 0 bridgehead atoms. The summed E-state index contributed by atoms with van der Waals surface area (Å²) in [4.78, 5) is 14.8. The van der Waals surface area contributed by atoms with E-state index in [2.05, 4.69) is 42.3 Å². The first-order valence-corrected chi connectivity index (χ1v) is 8.73. The number of nitrogens with one attached hydrogen (secondary N) is 1. The van der Waals surface area contributed by atoms with Crippen LogP contribution in [0.1, 0.15) is 54.8 Å². The lowest BCUT2D eigenvalue weighted by molar-refractivity contribution is -0.134. The molecule has 4 heteroatoms. The molecule has 1 heterocycles. The molecule has 1 aromatic carbocycles. The van der Waals surface area contributed by atoms with Crippen molar-refractivity contribution in [3.8, 4) is 0 Å². The fraction of sp³-hybridized carbons (Fsp3) is 0.632. The lowest BCUT2D eigenvalue weighted by atomic mass is 9.90. The number of benzene rings is 1. The van der Waals surface area contributed by atoms with Gasteiger partial charge in [-0.1, -0.05) is 18.2 Å². The maximum atomic E-state index is 12.6. The van der Waals surface area contributed by atoms with Crippen LogP contribution >= 0.6 is 12.4 Å². The summed E-state index contributed by atoms with van der Waals surface area (Å²) >= 11 is 0. The number of amides is 1. The van der Waals surface area contributed by atoms with E-state index in [0.717, 1.165) is 31.8 Å². The van der Waals surface area contributed by atoms with E-state index in [1.54, 1.807) is 0 Å². The molecular formula is C19H29ClN2O. The van der Waals surface area contributed by atoms with Crippen molar-refractivity contribution in [2.45, 2.75) is 52.0 Å². The Morgan fingerprint density at radius 1 is 1.22 bits per heavy atom. The van der Waals surface area contributed by atoms with Crippen molar-refractivity contribution in [2.24, 2.45) is 5.92 Å². The van der Waals surface area contributed by atoms with Crippen LogP contribution in [-0.4, -0.2) is 30.4 Å². The van der Waals surface area contributed by atoms with Gasteiger partial charge in [-0.3, -0.25) is 4.79 Å². The molecular weight excluding hydrogens is 308 g/mol. The molecule has 2 fully saturated rings. The van der Waals surface area contributed by atoms with Crippen molar-refractivity contribution in [3.63, 3.8) is 0 Å². The zero-order valence-corrected chi connectivity index (χ0v) is 15.1. The number of hydrogen-bond acceptors (Lipinski definition) is 2. The van der Waals surface area contributed by atoms with Crippen LogP contribution < -0.4 is 5.32 Å². The Morgan fingerprint density at radius 2 is 2.00 bits per heavy atom. The average molecular weight is 337 g/mol. The van der Waals surface area contributed by atoms with Gasteiger partial charge in [-0.15, -0.1) is 12.4 Å². The van der Waals surface area contributed by atoms with Gasteiger partial charge in [0.25, 0.3) is 0 Å². The number of carbonyl (C=O) groups is 1. The third-order valence-corrected chi connectivity index (χ3v) is 5.23. The van der Waals surface area contributed by atoms with E-state index in [4.69, 9.17) is 0 Å². The van der Waals surface area contributed by atoms with Gasteiger partial charge in [0.15, 0.2) is 0 Å². The third-order valence-electron chi connectivity index (χ3n) is 5.23. The molecule has 23 heavy (non-hydrogen) atoms. The molecule has 3 rings (SSSR count). The van der Waals surface area contributed by atoms with E-state index >= 15 is 0 Å². The summed E-state index contributed by atoms with van der Waals surface area (Å²) in [5, 5.41) is 3.35. The molecule has 2 aliphatic rings. The lowest BCUT2D eigenvalue weighted by Crippen LogP contribution is -2.43. The van der Waals surface area contributed by atoms with Crippen LogP contribution in [0.2, 0.25) is 0 Å². The number of halogens is 1. The van der Waals surface area contributed by atoms with Crippen molar-refractivity contribution >= 4 is 18.3 Å². The van der Waals surface area contributed by atoms with Gasteiger partial charge in [-0.2, -0.15) is 0 Å². The zero-order valence-electron chi connectivity index (χ0n) is 14.3. The van der Waals surface area contributed by atoms with Crippen LogP contribution in [0.15, 0.2) is 18.2 Å². The quantitative estimate of drug-likeness (QED) is 0.887. The molecule has 128 valence electrons. The topological polar surface area (TPSA) is 32.3 Å². The average Bonchev–Trinajstić information content (AvgIpc) is 3.34. The summed E-state index contributed by atoms with van der Waals surface area (Å²) in [7, 11) is 0. The third kappa shape index (κ3) is 4.48. The predicted molar refractivity (Wildman–Crippen MR) is 97.1 cm³/mol. The van der Waals surface area contributed by atoms with Crippen LogP contribution in [0.5, 0.6) is 0 Å². The van der Waals surface area contributed by atoms with Crippen LogP contribution in [0.3, 0.4) is 0 Å². The second-order valence-electron chi connectivity index (χ2n) is 6.96.